The number of halogens is 1. The van der Waals surface area contributed by atoms with Gasteiger partial charge in [0.2, 0.25) is 0 Å². The van der Waals surface area contributed by atoms with Gasteiger partial charge in [-0.2, -0.15) is 0 Å². The van der Waals surface area contributed by atoms with E-state index in [2.05, 4.69) is 5.32 Å². The standard InChI is InChI=1S/C20H29FN2O3/c1-2-25-19-7-6-15(13-17(19)21)14-22-20(24)23-10-8-16(9-11-23)18-5-3-4-12-26-18/h6-7,13,16,18H,2-5,8-12,14H2,1H3,(H,22,24). The predicted molar refractivity (Wildman–Crippen MR) is 97.7 cm³/mol. The van der Waals surface area contributed by atoms with Crippen LogP contribution in [0.4, 0.5) is 9.18 Å². The minimum atomic E-state index is -0.396. The van der Waals surface area contributed by atoms with Crippen LogP contribution in [0.2, 0.25) is 0 Å². The van der Waals surface area contributed by atoms with Gasteiger partial charge in [-0.15, -0.1) is 0 Å². The Hall–Kier alpha value is -1.82. The number of amides is 2. The summed E-state index contributed by atoms with van der Waals surface area (Å²) in [5, 5.41) is 2.89. The minimum absolute atomic E-state index is 0.0812. The lowest BCUT2D eigenvalue weighted by Crippen LogP contribution is -2.46. The van der Waals surface area contributed by atoms with Crippen LogP contribution in [0.15, 0.2) is 18.2 Å². The average Bonchev–Trinajstić information content (AvgIpc) is 2.69. The third-order valence-corrected chi connectivity index (χ3v) is 5.31. The van der Waals surface area contributed by atoms with Crippen molar-refractivity contribution in [2.45, 2.75) is 51.7 Å². The first kappa shape index (κ1) is 19.0. The molecule has 2 saturated heterocycles. The number of hydrogen-bond donors (Lipinski definition) is 1. The number of benzene rings is 1. The first-order valence-electron chi connectivity index (χ1n) is 9.73. The molecule has 1 atom stereocenters. The highest BCUT2D eigenvalue weighted by Crippen LogP contribution is 2.28. The van der Waals surface area contributed by atoms with E-state index < -0.39 is 5.82 Å². The number of likely N-dealkylation sites (tertiary alicyclic amines) is 1. The van der Waals surface area contributed by atoms with Gasteiger partial charge in [0.1, 0.15) is 0 Å². The molecule has 2 aliphatic rings. The maximum absolute atomic E-state index is 13.9. The highest BCUT2D eigenvalue weighted by Gasteiger charge is 2.29. The second-order valence-corrected chi connectivity index (χ2v) is 7.09. The quantitative estimate of drug-likeness (QED) is 0.866. The topological polar surface area (TPSA) is 50.8 Å². The molecule has 2 aliphatic heterocycles. The van der Waals surface area contributed by atoms with Crippen LogP contribution in [0.3, 0.4) is 0 Å². The molecule has 6 heteroatoms. The summed E-state index contributed by atoms with van der Waals surface area (Å²) in [7, 11) is 0. The number of hydrogen-bond acceptors (Lipinski definition) is 3. The fraction of sp³-hybridized carbons (Fsp3) is 0.650. The number of urea groups is 1. The van der Waals surface area contributed by atoms with Crippen molar-refractivity contribution in [1.82, 2.24) is 10.2 Å². The lowest BCUT2D eigenvalue weighted by Gasteiger charge is -2.37. The first-order chi connectivity index (χ1) is 12.7. The number of carbonyl (C=O) groups excluding carboxylic acids is 1. The van der Waals surface area contributed by atoms with Gasteiger partial charge in [-0.05, 0) is 62.6 Å². The lowest BCUT2D eigenvalue weighted by atomic mass is 9.87. The highest BCUT2D eigenvalue weighted by molar-refractivity contribution is 5.74. The molecule has 0 aliphatic carbocycles. The van der Waals surface area contributed by atoms with Crippen molar-refractivity contribution in [3.05, 3.63) is 29.6 Å². The SMILES string of the molecule is CCOc1ccc(CNC(=O)N2CCC(C3CCCCO3)CC2)cc1F. The van der Waals surface area contributed by atoms with Gasteiger partial charge in [-0.25, -0.2) is 9.18 Å². The Labute approximate surface area is 154 Å². The van der Waals surface area contributed by atoms with Crippen LogP contribution in [0.5, 0.6) is 5.75 Å². The highest BCUT2D eigenvalue weighted by atomic mass is 19.1. The molecule has 0 aromatic heterocycles. The molecule has 2 amide bonds. The third kappa shape index (κ3) is 4.87. The number of nitrogens with one attached hydrogen (secondary N) is 1. The van der Waals surface area contributed by atoms with Crippen LogP contribution in [0, 0.1) is 11.7 Å². The second kappa shape index (κ2) is 9.21. The molecule has 26 heavy (non-hydrogen) atoms. The van der Waals surface area contributed by atoms with E-state index in [1.807, 2.05) is 11.8 Å². The van der Waals surface area contributed by atoms with Crippen LogP contribution in [0.1, 0.15) is 44.6 Å². The summed E-state index contributed by atoms with van der Waals surface area (Å²) in [4.78, 5) is 14.2. The zero-order valence-electron chi connectivity index (χ0n) is 15.5. The Morgan fingerprint density at radius 1 is 1.31 bits per heavy atom. The van der Waals surface area contributed by atoms with Crippen LogP contribution >= 0.6 is 0 Å². The molecule has 1 unspecified atom stereocenters. The van der Waals surface area contributed by atoms with E-state index in [1.165, 1.54) is 18.9 Å². The molecule has 2 heterocycles. The molecule has 0 bridgehead atoms. The normalized spacial score (nSPS) is 21.5. The summed E-state index contributed by atoms with van der Waals surface area (Å²) in [5.74, 6) is 0.418. The zero-order valence-corrected chi connectivity index (χ0v) is 15.5. The van der Waals surface area contributed by atoms with Crippen LogP contribution < -0.4 is 10.1 Å². The number of nitrogens with zero attached hydrogens (tertiary/aromatic N) is 1. The van der Waals surface area contributed by atoms with Crippen LogP contribution in [0.25, 0.3) is 0 Å². The van der Waals surface area contributed by atoms with Gasteiger partial charge >= 0.3 is 6.03 Å². The van der Waals surface area contributed by atoms with Gasteiger partial charge in [0, 0.05) is 26.2 Å². The fourth-order valence-electron chi connectivity index (χ4n) is 3.83. The summed E-state index contributed by atoms with van der Waals surface area (Å²) >= 11 is 0. The largest absolute Gasteiger partial charge is 0.491 e. The van der Waals surface area contributed by atoms with E-state index in [-0.39, 0.29) is 11.8 Å². The predicted octanol–water partition coefficient (Wildman–Crippen LogP) is 3.72. The monoisotopic (exact) mass is 364 g/mol. The van der Waals surface area contributed by atoms with E-state index in [1.54, 1.807) is 12.1 Å². The van der Waals surface area contributed by atoms with Crippen LogP contribution in [-0.2, 0) is 11.3 Å². The average molecular weight is 364 g/mol. The van der Waals surface area contributed by atoms with Crippen molar-refractivity contribution in [2.24, 2.45) is 5.92 Å². The van der Waals surface area contributed by atoms with E-state index in [9.17, 15) is 9.18 Å². The molecule has 1 aromatic rings. The van der Waals surface area contributed by atoms with Crippen molar-refractivity contribution < 1.29 is 18.7 Å². The number of carbonyl (C=O) groups is 1. The Balaban J connectivity index is 1.43. The van der Waals surface area contributed by atoms with Gasteiger partial charge in [-0.1, -0.05) is 6.07 Å². The Kier molecular flexibility index (Phi) is 6.72. The molecule has 3 rings (SSSR count). The van der Waals surface area contributed by atoms with Crippen molar-refractivity contribution in [1.29, 1.82) is 0 Å². The fourth-order valence-corrected chi connectivity index (χ4v) is 3.83. The summed E-state index contributed by atoms with van der Waals surface area (Å²) < 4.78 is 25.0. The Morgan fingerprint density at radius 3 is 2.77 bits per heavy atom. The van der Waals surface area contributed by atoms with Crippen molar-refractivity contribution in [2.75, 3.05) is 26.3 Å². The molecule has 2 fully saturated rings. The molecule has 0 spiro atoms. The maximum Gasteiger partial charge on any atom is 0.317 e. The molecule has 144 valence electrons. The molecule has 1 aromatic carbocycles. The van der Waals surface area contributed by atoms with Crippen molar-refractivity contribution >= 4 is 6.03 Å². The van der Waals surface area contributed by atoms with Gasteiger partial charge < -0.3 is 19.7 Å². The number of piperidine rings is 1. The zero-order chi connectivity index (χ0) is 18.4. The molecule has 1 N–H and O–H groups in total. The van der Waals surface area contributed by atoms with E-state index in [4.69, 9.17) is 9.47 Å². The van der Waals surface area contributed by atoms with Gasteiger partial charge in [-0.3, -0.25) is 0 Å². The van der Waals surface area contributed by atoms with Crippen molar-refractivity contribution in [3.8, 4) is 5.75 Å². The molecule has 0 radical (unpaired) electrons. The lowest BCUT2D eigenvalue weighted by molar-refractivity contribution is -0.0348. The molecular formula is C20H29FN2O3. The summed E-state index contributed by atoms with van der Waals surface area (Å²) in [5.41, 5.74) is 0.727. The van der Waals surface area contributed by atoms with Crippen molar-refractivity contribution in [3.63, 3.8) is 0 Å². The van der Waals surface area contributed by atoms with Gasteiger partial charge in [0.15, 0.2) is 11.6 Å². The smallest absolute Gasteiger partial charge is 0.317 e. The summed E-state index contributed by atoms with van der Waals surface area (Å²) in [6, 6.07) is 4.72. The maximum atomic E-state index is 13.9. The van der Waals surface area contributed by atoms with Crippen LogP contribution in [-0.4, -0.2) is 43.3 Å². The minimum Gasteiger partial charge on any atom is -0.491 e. The van der Waals surface area contributed by atoms with Gasteiger partial charge in [0.25, 0.3) is 0 Å². The van der Waals surface area contributed by atoms with Gasteiger partial charge in [0.05, 0.1) is 12.7 Å². The molecule has 5 nitrogen and oxygen atoms in total. The summed E-state index contributed by atoms with van der Waals surface area (Å²) in [6.07, 6.45) is 5.94. The Morgan fingerprint density at radius 2 is 2.12 bits per heavy atom. The summed E-state index contributed by atoms with van der Waals surface area (Å²) in [6.45, 7) is 4.95. The van der Waals surface area contributed by atoms with E-state index >= 15 is 0 Å². The van der Waals surface area contributed by atoms with E-state index in [0.717, 1.165) is 44.5 Å². The second-order valence-electron chi connectivity index (χ2n) is 7.09. The number of rotatable bonds is 5. The molecular weight excluding hydrogens is 335 g/mol. The van der Waals surface area contributed by atoms with E-state index in [0.29, 0.717) is 25.2 Å². The molecule has 0 saturated carbocycles. The first-order valence-corrected chi connectivity index (χ1v) is 9.73. The number of ether oxygens (including phenoxy) is 2. The Bertz CT molecular complexity index is 597. The third-order valence-electron chi connectivity index (χ3n) is 5.31.